The minimum atomic E-state index is -1.22. The highest BCUT2D eigenvalue weighted by Crippen LogP contribution is 2.26. The van der Waals surface area contributed by atoms with Gasteiger partial charge in [0.15, 0.2) is 0 Å². The van der Waals surface area contributed by atoms with Crippen LogP contribution in [0.5, 0.6) is 0 Å². The first kappa shape index (κ1) is 12.3. The highest BCUT2D eigenvalue weighted by atomic mass is 19.1. The third-order valence-electron chi connectivity index (χ3n) is 2.64. The van der Waals surface area contributed by atoms with Crippen LogP contribution in [0.1, 0.15) is 33.5 Å². The molecule has 5 heteroatoms. The molecule has 0 saturated heterocycles. The van der Waals surface area contributed by atoms with Crippen LogP contribution in [0.3, 0.4) is 0 Å². The summed E-state index contributed by atoms with van der Waals surface area (Å²) in [5.41, 5.74) is 1.04. The zero-order valence-electron chi connectivity index (χ0n) is 9.55. The number of aromatic carboxylic acids is 1. The molecular formula is C13H11FO4. The van der Waals surface area contributed by atoms with E-state index in [0.29, 0.717) is 11.1 Å². The van der Waals surface area contributed by atoms with Crippen molar-refractivity contribution < 1.29 is 23.8 Å². The maximum atomic E-state index is 13.1. The van der Waals surface area contributed by atoms with Crippen molar-refractivity contribution in [3.05, 3.63) is 58.8 Å². The van der Waals surface area contributed by atoms with E-state index in [4.69, 9.17) is 9.52 Å². The monoisotopic (exact) mass is 250 g/mol. The summed E-state index contributed by atoms with van der Waals surface area (Å²) >= 11 is 0. The van der Waals surface area contributed by atoms with Crippen LogP contribution < -0.4 is 0 Å². The lowest BCUT2D eigenvalue weighted by Crippen LogP contribution is -2.01. The molecule has 1 unspecified atom stereocenters. The predicted octanol–water partition coefficient (Wildman–Crippen LogP) is 2.51. The quantitative estimate of drug-likeness (QED) is 0.878. The van der Waals surface area contributed by atoms with Crippen LogP contribution in [0.25, 0.3) is 0 Å². The second kappa shape index (κ2) is 4.62. The molecule has 94 valence electrons. The first-order valence-corrected chi connectivity index (χ1v) is 5.26. The largest absolute Gasteiger partial charge is 0.475 e. The lowest BCUT2D eigenvalue weighted by Gasteiger charge is -2.11. The minimum absolute atomic E-state index is 0.0705. The summed E-state index contributed by atoms with van der Waals surface area (Å²) < 4.78 is 18.1. The number of aliphatic hydroxyl groups is 1. The molecule has 0 fully saturated rings. The highest BCUT2D eigenvalue weighted by molar-refractivity contribution is 5.84. The third-order valence-corrected chi connectivity index (χ3v) is 2.64. The SMILES string of the molecule is Cc1ccc(F)cc1C(O)c1ccc(C(=O)O)o1. The molecule has 1 aromatic heterocycles. The van der Waals surface area contributed by atoms with E-state index in [-0.39, 0.29) is 11.5 Å². The molecule has 0 amide bonds. The molecule has 1 heterocycles. The van der Waals surface area contributed by atoms with E-state index in [9.17, 15) is 14.3 Å². The van der Waals surface area contributed by atoms with Gasteiger partial charge in [0.25, 0.3) is 0 Å². The number of hydrogen-bond donors (Lipinski definition) is 2. The molecule has 1 aromatic carbocycles. The van der Waals surface area contributed by atoms with E-state index >= 15 is 0 Å². The number of aryl methyl sites for hydroxylation is 1. The number of aliphatic hydroxyl groups excluding tert-OH is 1. The maximum Gasteiger partial charge on any atom is 0.371 e. The normalized spacial score (nSPS) is 12.4. The summed E-state index contributed by atoms with van der Waals surface area (Å²) in [5.74, 6) is -1.89. The van der Waals surface area contributed by atoms with Gasteiger partial charge >= 0.3 is 5.97 Å². The Labute approximate surface area is 102 Å². The molecule has 18 heavy (non-hydrogen) atoms. The number of carboxylic acid groups (broad SMARTS) is 1. The van der Waals surface area contributed by atoms with E-state index < -0.39 is 17.9 Å². The topological polar surface area (TPSA) is 70.7 Å². The summed E-state index contributed by atoms with van der Waals surface area (Å²) in [4.78, 5) is 10.7. The number of carboxylic acids is 1. The van der Waals surface area contributed by atoms with Gasteiger partial charge in [0.1, 0.15) is 17.7 Å². The van der Waals surface area contributed by atoms with Crippen molar-refractivity contribution in [3.8, 4) is 0 Å². The third kappa shape index (κ3) is 2.26. The van der Waals surface area contributed by atoms with Crippen molar-refractivity contribution in [2.45, 2.75) is 13.0 Å². The Balaban J connectivity index is 2.37. The molecule has 4 nitrogen and oxygen atoms in total. The number of benzene rings is 1. The maximum absolute atomic E-state index is 13.1. The summed E-state index contributed by atoms with van der Waals surface area (Å²) in [6, 6.07) is 6.63. The van der Waals surface area contributed by atoms with Gasteiger partial charge in [0.05, 0.1) is 0 Å². The number of furan rings is 1. The van der Waals surface area contributed by atoms with Gasteiger partial charge in [0, 0.05) is 0 Å². The van der Waals surface area contributed by atoms with Gasteiger partial charge in [-0.1, -0.05) is 6.07 Å². The molecule has 0 radical (unpaired) electrons. The molecule has 0 bridgehead atoms. The first-order chi connectivity index (χ1) is 8.49. The zero-order chi connectivity index (χ0) is 13.3. The molecule has 0 aliphatic heterocycles. The molecule has 1 atom stereocenters. The Bertz CT molecular complexity index is 588. The van der Waals surface area contributed by atoms with Crippen molar-refractivity contribution in [2.75, 3.05) is 0 Å². The fraction of sp³-hybridized carbons (Fsp3) is 0.154. The second-order valence-electron chi connectivity index (χ2n) is 3.91. The Morgan fingerprint density at radius 2 is 2.06 bits per heavy atom. The molecule has 0 spiro atoms. The van der Waals surface area contributed by atoms with E-state index in [1.165, 1.54) is 30.3 Å². The molecule has 0 saturated carbocycles. The Hall–Kier alpha value is -2.14. The Kier molecular flexibility index (Phi) is 3.16. The van der Waals surface area contributed by atoms with Gasteiger partial charge < -0.3 is 14.6 Å². The average molecular weight is 250 g/mol. The van der Waals surface area contributed by atoms with Crippen molar-refractivity contribution in [1.29, 1.82) is 0 Å². The zero-order valence-corrected chi connectivity index (χ0v) is 9.55. The highest BCUT2D eigenvalue weighted by Gasteiger charge is 2.19. The van der Waals surface area contributed by atoms with Crippen molar-refractivity contribution >= 4 is 5.97 Å². The van der Waals surface area contributed by atoms with E-state index in [1.807, 2.05) is 0 Å². The molecule has 0 aliphatic carbocycles. The van der Waals surface area contributed by atoms with E-state index in [0.717, 1.165) is 0 Å². The first-order valence-electron chi connectivity index (χ1n) is 5.26. The minimum Gasteiger partial charge on any atom is -0.475 e. The number of hydrogen-bond acceptors (Lipinski definition) is 3. The van der Waals surface area contributed by atoms with Crippen LogP contribution in [-0.2, 0) is 0 Å². The fourth-order valence-electron chi connectivity index (χ4n) is 1.67. The van der Waals surface area contributed by atoms with Gasteiger partial charge in [-0.2, -0.15) is 0 Å². The van der Waals surface area contributed by atoms with Crippen molar-refractivity contribution in [3.63, 3.8) is 0 Å². The fourth-order valence-corrected chi connectivity index (χ4v) is 1.67. The molecule has 2 rings (SSSR count). The van der Waals surface area contributed by atoms with E-state index in [1.54, 1.807) is 6.92 Å². The predicted molar refractivity (Wildman–Crippen MR) is 60.9 cm³/mol. The van der Waals surface area contributed by atoms with Gasteiger partial charge in [0.2, 0.25) is 5.76 Å². The van der Waals surface area contributed by atoms with Gasteiger partial charge in [-0.25, -0.2) is 9.18 Å². The van der Waals surface area contributed by atoms with Crippen LogP contribution in [0.4, 0.5) is 4.39 Å². The lowest BCUT2D eigenvalue weighted by molar-refractivity contribution is 0.0655. The van der Waals surface area contributed by atoms with Crippen LogP contribution in [0.15, 0.2) is 34.7 Å². The van der Waals surface area contributed by atoms with E-state index in [2.05, 4.69) is 0 Å². The smallest absolute Gasteiger partial charge is 0.371 e. The van der Waals surface area contributed by atoms with Crippen molar-refractivity contribution in [1.82, 2.24) is 0 Å². The Morgan fingerprint density at radius 3 is 2.67 bits per heavy atom. The number of halogens is 1. The summed E-state index contributed by atoms with van der Waals surface area (Å²) in [7, 11) is 0. The molecule has 0 aliphatic rings. The van der Waals surface area contributed by atoms with Crippen LogP contribution >= 0.6 is 0 Å². The summed E-state index contributed by atoms with van der Waals surface area (Å²) in [5, 5.41) is 18.8. The second-order valence-corrected chi connectivity index (χ2v) is 3.91. The summed E-state index contributed by atoms with van der Waals surface area (Å²) in [6.07, 6.45) is -1.19. The standard InChI is InChI=1S/C13H11FO4/c1-7-2-3-8(14)6-9(7)12(15)10-4-5-11(18-10)13(16)17/h2-6,12,15H,1H3,(H,16,17). The molecule has 2 N–H and O–H groups in total. The van der Waals surface area contributed by atoms with Gasteiger partial charge in [-0.05, 0) is 42.3 Å². The van der Waals surface area contributed by atoms with Crippen LogP contribution in [0.2, 0.25) is 0 Å². The summed E-state index contributed by atoms with van der Waals surface area (Å²) in [6.45, 7) is 1.72. The van der Waals surface area contributed by atoms with Gasteiger partial charge in [-0.15, -0.1) is 0 Å². The lowest BCUT2D eigenvalue weighted by atomic mass is 10.0. The number of rotatable bonds is 3. The van der Waals surface area contributed by atoms with Crippen LogP contribution in [0, 0.1) is 12.7 Å². The van der Waals surface area contributed by atoms with Crippen LogP contribution in [-0.4, -0.2) is 16.2 Å². The number of carbonyl (C=O) groups is 1. The molecule has 2 aromatic rings. The van der Waals surface area contributed by atoms with Gasteiger partial charge in [-0.3, -0.25) is 0 Å². The molecular weight excluding hydrogens is 239 g/mol. The average Bonchev–Trinajstić information content (AvgIpc) is 2.81. The Morgan fingerprint density at radius 1 is 1.33 bits per heavy atom. The van der Waals surface area contributed by atoms with Crippen molar-refractivity contribution in [2.24, 2.45) is 0 Å².